The smallest absolute Gasteiger partial charge is 0.0994 e. The maximum absolute atomic E-state index is 9.20. The van der Waals surface area contributed by atoms with Gasteiger partial charge in [0.1, 0.15) is 0 Å². The first-order chi connectivity index (χ1) is 16.7. The first kappa shape index (κ1) is 24.1. The van der Waals surface area contributed by atoms with Gasteiger partial charge in [0.05, 0.1) is 11.6 Å². The quantitative estimate of drug-likeness (QED) is 0.398. The van der Waals surface area contributed by atoms with Gasteiger partial charge < -0.3 is 4.90 Å². The van der Waals surface area contributed by atoms with Gasteiger partial charge in [-0.05, 0) is 78.6 Å². The molecule has 0 bridgehead atoms. The normalized spacial score (nSPS) is 15.7. The van der Waals surface area contributed by atoms with Crippen molar-refractivity contribution < 1.29 is 0 Å². The van der Waals surface area contributed by atoms with Crippen LogP contribution in [-0.4, -0.2) is 47.5 Å². The van der Waals surface area contributed by atoms with E-state index in [2.05, 4.69) is 76.3 Å². The Hall–Kier alpha value is -3.00. The minimum atomic E-state index is 0.578. The van der Waals surface area contributed by atoms with Crippen LogP contribution in [0, 0.1) is 18.3 Å². The highest BCUT2D eigenvalue weighted by molar-refractivity contribution is 5.66. The summed E-state index contributed by atoms with van der Waals surface area (Å²) in [4.78, 5) is 9.59. The van der Waals surface area contributed by atoms with Crippen LogP contribution in [-0.2, 0) is 6.54 Å². The van der Waals surface area contributed by atoms with Crippen molar-refractivity contribution in [2.75, 3.05) is 32.7 Å². The SMILES string of the molecule is CCC(CCCN1CCN(Cc2cnccc2-c2ccccc2)CC1)c1ccc(C#N)c(C)c1. The van der Waals surface area contributed by atoms with E-state index in [1.54, 1.807) is 0 Å². The molecule has 4 rings (SSSR count). The Bertz CT molecular complexity index is 1090. The molecular formula is C30H36N4. The number of rotatable bonds is 9. The van der Waals surface area contributed by atoms with Crippen molar-refractivity contribution in [3.05, 3.63) is 89.2 Å². The molecule has 1 aliphatic rings. The topological polar surface area (TPSA) is 43.2 Å². The van der Waals surface area contributed by atoms with Crippen molar-refractivity contribution in [2.24, 2.45) is 0 Å². The van der Waals surface area contributed by atoms with E-state index in [1.807, 2.05) is 25.4 Å². The summed E-state index contributed by atoms with van der Waals surface area (Å²) in [5, 5.41) is 9.20. The molecule has 1 saturated heterocycles. The predicted octanol–water partition coefficient (Wildman–Crippen LogP) is 6.02. The molecule has 1 fully saturated rings. The fraction of sp³-hybridized carbons (Fsp3) is 0.400. The van der Waals surface area contributed by atoms with Crippen LogP contribution in [0.5, 0.6) is 0 Å². The summed E-state index contributed by atoms with van der Waals surface area (Å²) in [5.41, 5.74) is 7.14. The van der Waals surface area contributed by atoms with Crippen molar-refractivity contribution in [1.29, 1.82) is 5.26 Å². The van der Waals surface area contributed by atoms with E-state index in [0.29, 0.717) is 5.92 Å². The molecule has 0 radical (unpaired) electrons. The van der Waals surface area contributed by atoms with Crippen LogP contribution < -0.4 is 0 Å². The van der Waals surface area contributed by atoms with Crippen LogP contribution in [0.3, 0.4) is 0 Å². The van der Waals surface area contributed by atoms with Gasteiger partial charge in [-0.3, -0.25) is 9.88 Å². The molecule has 4 heteroatoms. The van der Waals surface area contributed by atoms with Crippen molar-refractivity contribution >= 4 is 0 Å². The predicted molar refractivity (Wildman–Crippen MR) is 140 cm³/mol. The molecule has 1 aliphatic heterocycles. The van der Waals surface area contributed by atoms with Gasteiger partial charge in [-0.25, -0.2) is 0 Å². The summed E-state index contributed by atoms with van der Waals surface area (Å²) >= 11 is 0. The van der Waals surface area contributed by atoms with Crippen LogP contribution in [0.1, 0.15) is 54.4 Å². The van der Waals surface area contributed by atoms with Crippen LogP contribution in [0.2, 0.25) is 0 Å². The number of nitriles is 1. The van der Waals surface area contributed by atoms with Gasteiger partial charge in [-0.1, -0.05) is 49.4 Å². The lowest BCUT2D eigenvalue weighted by Crippen LogP contribution is -2.46. The number of hydrogen-bond acceptors (Lipinski definition) is 4. The van der Waals surface area contributed by atoms with Crippen LogP contribution in [0.4, 0.5) is 0 Å². The molecule has 34 heavy (non-hydrogen) atoms. The van der Waals surface area contributed by atoms with E-state index < -0.39 is 0 Å². The zero-order valence-corrected chi connectivity index (χ0v) is 20.6. The molecular weight excluding hydrogens is 416 g/mol. The van der Waals surface area contributed by atoms with Crippen LogP contribution >= 0.6 is 0 Å². The van der Waals surface area contributed by atoms with E-state index in [1.165, 1.54) is 41.6 Å². The Morgan fingerprint density at radius 2 is 1.76 bits per heavy atom. The number of aryl methyl sites for hydroxylation is 1. The highest BCUT2D eigenvalue weighted by Crippen LogP contribution is 2.27. The summed E-state index contributed by atoms with van der Waals surface area (Å²) in [7, 11) is 0. The first-order valence-electron chi connectivity index (χ1n) is 12.6. The molecule has 1 aromatic heterocycles. The fourth-order valence-electron chi connectivity index (χ4n) is 5.10. The Labute approximate surface area is 204 Å². The first-order valence-corrected chi connectivity index (χ1v) is 12.6. The van der Waals surface area contributed by atoms with Gasteiger partial charge in [0.15, 0.2) is 0 Å². The summed E-state index contributed by atoms with van der Waals surface area (Å²) in [6.07, 6.45) is 7.50. The number of piperazine rings is 1. The molecule has 0 spiro atoms. The number of pyridine rings is 1. The van der Waals surface area contributed by atoms with Gasteiger partial charge >= 0.3 is 0 Å². The van der Waals surface area contributed by atoms with Crippen LogP contribution in [0.25, 0.3) is 11.1 Å². The Kier molecular flexibility index (Phi) is 8.46. The number of nitrogens with zero attached hydrogens (tertiary/aromatic N) is 4. The number of benzene rings is 2. The second-order valence-electron chi connectivity index (χ2n) is 9.45. The molecule has 4 nitrogen and oxygen atoms in total. The van der Waals surface area contributed by atoms with E-state index in [0.717, 1.165) is 50.3 Å². The van der Waals surface area contributed by atoms with E-state index >= 15 is 0 Å². The fourth-order valence-corrected chi connectivity index (χ4v) is 5.10. The molecule has 2 aromatic carbocycles. The van der Waals surface area contributed by atoms with Crippen molar-refractivity contribution in [3.8, 4) is 17.2 Å². The summed E-state index contributed by atoms with van der Waals surface area (Å²) < 4.78 is 0. The van der Waals surface area contributed by atoms with Crippen molar-refractivity contribution in [3.63, 3.8) is 0 Å². The summed E-state index contributed by atoms with van der Waals surface area (Å²) in [6.45, 7) is 10.9. The van der Waals surface area contributed by atoms with Gasteiger partial charge in [0, 0.05) is 45.1 Å². The Morgan fingerprint density at radius 3 is 2.47 bits per heavy atom. The van der Waals surface area contributed by atoms with Gasteiger partial charge in [0.25, 0.3) is 0 Å². The Morgan fingerprint density at radius 1 is 1.00 bits per heavy atom. The van der Waals surface area contributed by atoms with E-state index in [9.17, 15) is 5.26 Å². The molecule has 0 aliphatic carbocycles. The third-order valence-electron chi connectivity index (χ3n) is 7.21. The second kappa shape index (κ2) is 11.9. The summed E-state index contributed by atoms with van der Waals surface area (Å²) in [5.74, 6) is 0.578. The molecule has 0 saturated carbocycles. The third-order valence-corrected chi connectivity index (χ3v) is 7.21. The molecule has 0 amide bonds. The maximum Gasteiger partial charge on any atom is 0.0994 e. The van der Waals surface area contributed by atoms with Crippen molar-refractivity contribution in [1.82, 2.24) is 14.8 Å². The summed E-state index contributed by atoms with van der Waals surface area (Å²) in [6, 6.07) is 21.4. The zero-order chi connectivity index (χ0) is 23.8. The average Bonchev–Trinajstić information content (AvgIpc) is 2.88. The molecule has 0 N–H and O–H groups in total. The number of hydrogen-bond donors (Lipinski definition) is 0. The largest absolute Gasteiger partial charge is 0.301 e. The molecule has 1 unspecified atom stereocenters. The lowest BCUT2D eigenvalue weighted by molar-refractivity contribution is 0.125. The second-order valence-corrected chi connectivity index (χ2v) is 9.45. The van der Waals surface area contributed by atoms with Gasteiger partial charge in [-0.15, -0.1) is 0 Å². The minimum absolute atomic E-state index is 0.578. The number of aromatic nitrogens is 1. The monoisotopic (exact) mass is 452 g/mol. The zero-order valence-electron chi connectivity index (χ0n) is 20.6. The lowest BCUT2D eigenvalue weighted by Gasteiger charge is -2.35. The van der Waals surface area contributed by atoms with Gasteiger partial charge in [0.2, 0.25) is 0 Å². The maximum atomic E-state index is 9.20. The highest BCUT2D eigenvalue weighted by Gasteiger charge is 2.19. The molecule has 2 heterocycles. The minimum Gasteiger partial charge on any atom is -0.301 e. The third kappa shape index (κ3) is 6.11. The average molecular weight is 453 g/mol. The van der Waals surface area contributed by atoms with E-state index in [4.69, 9.17) is 0 Å². The van der Waals surface area contributed by atoms with Crippen molar-refractivity contribution in [2.45, 2.75) is 45.6 Å². The lowest BCUT2D eigenvalue weighted by atomic mass is 9.90. The molecule has 3 aromatic rings. The Balaban J connectivity index is 1.25. The van der Waals surface area contributed by atoms with Gasteiger partial charge in [-0.2, -0.15) is 5.26 Å². The standard InChI is InChI=1S/C30H36N4/c1-3-25(27-11-12-28(21-31)24(2)20-27)10-7-15-33-16-18-34(19-17-33)23-29-22-32-14-13-30(29)26-8-5-4-6-9-26/h4-6,8-9,11-14,20,22,25H,3,7,10,15-19,23H2,1-2H3. The van der Waals surface area contributed by atoms with Crippen LogP contribution in [0.15, 0.2) is 67.0 Å². The molecule has 176 valence electrons. The van der Waals surface area contributed by atoms with E-state index in [-0.39, 0.29) is 0 Å². The highest BCUT2D eigenvalue weighted by atomic mass is 15.3. The molecule has 1 atom stereocenters.